The van der Waals surface area contributed by atoms with E-state index in [1.54, 1.807) is 0 Å². The summed E-state index contributed by atoms with van der Waals surface area (Å²) in [5.74, 6) is 0.714. The lowest BCUT2D eigenvalue weighted by atomic mass is 9.82. The van der Waals surface area contributed by atoms with Crippen LogP contribution in [0.4, 0.5) is 0 Å². The minimum atomic E-state index is 0.714. The van der Waals surface area contributed by atoms with Crippen LogP contribution in [0.15, 0.2) is 29.4 Å². The van der Waals surface area contributed by atoms with E-state index in [-0.39, 0.29) is 0 Å². The van der Waals surface area contributed by atoms with E-state index in [1.165, 1.54) is 56.1 Å². The average molecular weight is 273 g/mol. The highest BCUT2D eigenvalue weighted by molar-refractivity contribution is 5.81. The highest BCUT2D eigenvalue weighted by Gasteiger charge is 2.17. The molecule has 1 aromatic carbocycles. The number of nitrogens with zero attached hydrogens (tertiary/aromatic N) is 1. The molecule has 0 bridgehead atoms. The maximum absolute atomic E-state index is 5.35. The molecule has 0 N–H and O–H groups in total. The van der Waals surface area contributed by atoms with Crippen LogP contribution in [0.3, 0.4) is 0 Å². The van der Waals surface area contributed by atoms with Crippen LogP contribution in [0.25, 0.3) is 0 Å². The van der Waals surface area contributed by atoms with Crippen LogP contribution in [-0.2, 0) is 4.84 Å². The standard InChI is InChI=1S/C18H27NO/c1-2-3-9-14-20-19-15-17-12-7-8-13-18(17)16-10-5-4-6-11-16/h7-8,12-13,15-16H,2-6,9-11,14H2,1H3. The van der Waals surface area contributed by atoms with Crippen molar-refractivity contribution in [1.82, 2.24) is 0 Å². The lowest BCUT2D eigenvalue weighted by Gasteiger charge is -2.23. The van der Waals surface area contributed by atoms with Gasteiger partial charge in [0.1, 0.15) is 6.61 Å². The van der Waals surface area contributed by atoms with Crippen LogP contribution in [0.5, 0.6) is 0 Å². The Hall–Kier alpha value is -1.31. The van der Waals surface area contributed by atoms with Crippen molar-refractivity contribution in [2.24, 2.45) is 5.16 Å². The van der Waals surface area contributed by atoms with E-state index in [1.807, 2.05) is 6.21 Å². The normalized spacial score (nSPS) is 16.6. The lowest BCUT2D eigenvalue weighted by Crippen LogP contribution is -2.07. The molecule has 1 aliphatic rings. The van der Waals surface area contributed by atoms with Gasteiger partial charge in [-0.05, 0) is 36.3 Å². The van der Waals surface area contributed by atoms with Crippen LogP contribution in [-0.4, -0.2) is 12.8 Å². The molecule has 0 amide bonds. The summed E-state index contributed by atoms with van der Waals surface area (Å²) < 4.78 is 0. The van der Waals surface area contributed by atoms with E-state index >= 15 is 0 Å². The summed E-state index contributed by atoms with van der Waals surface area (Å²) in [6, 6.07) is 8.64. The number of hydrogen-bond acceptors (Lipinski definition) is 2. The van der Waals surface area contributed by atoms with Gasteiger partial charge in [0.25, 0.3) is 0 Å². The predicted molar refractivity (Wildman–Crippen MR) is 85.3 cm³/mol. The molecule has 1 aliphatic carbocycles. The van der Waals surface area contributed by atoms with E-state index < -0.39 is 0 Å². The van der Waals surface area contributed by atoms with Gasteiger partial charge in [-0.15, -0.1) is 0 Å². The van der Waals surface area contributed by atoms with Crippen LogP contribution in [0.2, 0.25) is 0 Å². The highest BCUT2D eigenvalue weighted by atomic mass is 16.6. The second kappa shape index (κ2) is 8.78. The Labute approximate surface area is 123 Å². The van der Waals surface area contributed by atoms with Crippen LogP contribution in [0.1, 0.15) is 75.3 Å². The summed E-state index contributed by atoms with van der Waals surface area (Å²) in [7, 11) is 0. The fourth-order valence-electron chi connectivity index (χ4n) is 2.98. The van der Waals surface area contributed by atoms with E-state index in [4.69, 9.17) is 4.84 Å². The van der Waals surface area contributed by atoms with Crippen LogP contribution >= 0.6 is 0 Å². The van der Waals surface area contributed by atoms with Crippen molar-refractivity contribution in [3.8, 4) is 0 Å². The minimum absolute atomic E-state index is 0.714. The third kappa shape index (κ3) is 4.66. The SMILES string of the molecule is CCCCCON=Cc1ccccc1C1CCCCC1. The summed E-state index contributed by atoms with van der Waals surface area (Å²) in [4.78, 5) is 5.35. The molecule has 0 unspecified atom stereocenters. The zero-order valence-corrected chi connectivity index (χ0v) is 12.7. The molecule has 110 valence electrons. The number of hydrogen-bond donors (Lipinski definition) is 0. The number of rotatable bonds is 7. The number of unbranched alkanes of at least 4 members (excludes halogenated alkanes) is 2. The molecule has 1 aromatic rings. The summed E-state index contributed by atoms with van der Waals surface area (Å²) in [6.07, 6.45) is 12.2. The third-order valence-electron chi connectivity index (χ3n) is 4.15. The predicted octanol–water partition coefficient (Wildman–Crippen LogP) is 5.28. The average Bonchev–Trinajstić information content (AvgIpc) is 2.52. The quantitative estimate of drug-likeness (QED) is 0.376. The first-order valence-corrected chi connectivity index (χ1v) is 8.16. The maximum atomic E-state index is 5.35. The van der Waals surface area contributed by atoms with E-state index in [2.05, 4.69) is 36.3 Å². The number of oxime groups is 1. The Bertz CT molecular complexity index is 408. The van der Waals surface area contributed by atoms with Crippen molar-refractivity contribution >= 4 is 6.21 Å². The van der Waals surface area contributed by atoms with Gasteiger partial charge in [-0.3, -0.25) is 0 Å². The Balaban J connectivity index is 1.91. The van der Waals surface area contributed by atoms with Gasteiger partial charge in [0, 0.05) is 0 Å². The smallest absolute Gasteiger partial charge is 0.117 e. The van der Waals surface area contributed by atoms with Crippen LogP contribution in [0, 0.1) is 0 Å². The maximum Gasteiger partial charge on any atom is 0.117 e. The molecule has 2 heteroatoms. The topological polar surface area (TPSA) is 21.6 Å². The first kappa shape index (κ1) is 15.1. The highest BCUT2D eigenvalue weighted by Crippen LogP contribution is 2.33. The van der Waals surface area contributed by atoms with Gasteiger partial charge in [-0.1, -0.05) is 68.4 Å². The Morgan fingerprint density at radius 1 is 1.15 bits per heavy atom. The second-order valence-electron chi connectivity index (χ2n) is 5.74. The van der Waals surface area contributed by atoms with E-state index in [0.29, 0.717) is 5.92 Å². The largest absolute Gasteiger partial charge is 0.396 e. The summed E-state index contributed by atoms with van der Waals surface area (Å²) in [6.45, 7) is 2.93. The molecule has 0 saturated heterocycles. The zero-order chi connectivity index (χ0) is 14.0. The van der Waals surface area contributed by atoms with Crippen molar-refractivity contribution in [3.05, 3.63) is 35.4 Å². The first-order valence-electron chi connectivity index (χ1n) is 8.16. The molecule has 1 saturated carbocycles. The van der Waals surface area contributed by atoms with Gasteiger partial charge >= 0.3 is 0 Å². The molecule has 2 nitrogen and oxygen atoms in total. The van der Waals surface area contributed by atoms with Gasteiger partial charge in [-0.25, -0.2) is 0 Å². The molecular weight excluding hydrogens is 246 g/mol. The van der Waals surface area contributed by atoms with Gasteiger partial charge in [0.15, 0.2) is 0 Å². The molecule has 0 radical (unpaired) electrons. The van der Waals surface area contributed by atoms with Crippen molar-refractivity contribution in [1.29, 1.82) is 0 Å². The van der Waals surface area contributed by atoms with Gasteiger partial charge < -0.3 is 4.84 Å². The van der Waals surface area contributed by atoms with Gasteiger partial charge in [0.2, 0.25) is 0 Å². The monoisotopic (exact) mass is 273 g/mol. The molecular formula is C18H27NO. The minimum Gasteiger partial charge on any atom is -0.396 e. The summed E-state index contributed by atoms with van der Waals surface area (Å²) in [5.41, 5.74) is 2.68. The molecule has 0 heterocycles. The summed E-state index contributed by atoms with van der Waals surface area (Å²) >= 11 is 0. The van der Waals surface area contributed by atoms with E-state index in [9.17, 15) is 0 Å². The zero-order valence-electron chi connectivity index (χ0n) is 12.7. The summed E-state index contributed by atoms with van der Waals surface area (Å²) in [5, 5.41) is 4.14. The van der Waals surface area contributed by atoms with E-state index in [0.717, 1.165) is 13.0 Å². The molecule has 0 aliphatic heterocycles. The Morgan fingerprint density at radius 2 is 1.95 bits per heavy atom. The first-order chi connectivity index (χ1) is 9.92. The van der Waals surface area contributed by atoms with Gasteiger partial charge in [0.05, 0.1) is 6.21 Å². The van der Waals surface area contributed by atoms with Crippen molar-refractivity contribution < 1.29 is 4.84 Å². The van der Waals surface area contributed by atoms with Crippen molar-refractivity contribution in [2.75, 3.05) is 6.61 Å². The molecule has 20 heavy (non-hydrogen) atoms. The molecule has 1 fully saturated rings. The third-order valence-corrected chi connectivity index (χ3v) is 4.15. The molecule has 0 aromatic heterocycles. The molecule has 0 atom stereocenters. The Morgan fingerprint density at radius 3 is 2.75 bits per heavy atom. The van der Waals surface area contributed by atoms with Crippen molar-refractivity contribution in [2.45, 2.75) is 64.2 Å². The van der Waals surface area contributed by atoms with Gasteiger partial charge in [-0.2, -0.15) is 0 Å². The fraction of sp³-hybridized carbons (Fsp3) is 0.611. The van der Waals surface area contributed by atoms with Crippen LogP contribution < -0.4 is 0 Å². The molecule has 0 spiro atoms. The fourth-order valence-corrected chi connectivity index (χ4v) is 2.98. The second-order valence-corrected chi connectivity index (χ2v) is 5.74. The Kier molecular flexibility index (Phi) is 6.62. The molecule has 2 rings (SSSR count). The number of benzene rings is 1. The van der Waals surface area contributed by atoms with Crippen molar-refractivity contribution in [3.63, 3.8) is 0 Å². The lowest BCUT2D eigenvalue weighted by molar-refractivity contribution is 0.141.